The molecule has 2 fully saturated rings. The number of H-pyrrole nitrogens is 1. The van der Waals surface area contributed by atoms with Crippen LogP contribution in [0.1, 0.15) is 42.7 Å². The van der Waals surface area contributed by atoms with Gasteiger partial charge in [-0.15, -0.1) is 0 Å². The van der Waals surface area contributed by atoms with Gasteiger partial charge in [-0.2, -0.15) is 5.10 Å². The van der Waals surface area contributed by atoms with Gasteiger partial charge in [0, 0.05) is 24.9 Å². The lowest BCUT2D eigenvalue weighted by molar-refractivity contribution is 0.400. The standard InChI is InChI=1S/C9H14N4/c1-2-6(3-1)8-11-9(13-12-8)7-4-10-5-7/h6-7,10H,1-5H2,(H,11,12,13). The van der Waals surface area contributed by atoms with Gasteiger partial charge < -0.3 is 5.32 Å². The lowest BCUT2D eigenvalue weighted by atomic mass is 9.85. The van der Waals surface area contributed by atoms with Crippen molar-refractivity contribution in [3.05, 3.63) is 11.6 Å². The molecule has 3 rings (SSSR count). The Morgan fingerprint density at radius 2 is 2.00 bits per heavy atom. The molecule has 4 nitrogen and oxygen atoms in total. The van der Waals surface area contributed by atoms with Gasteiger partial charge >= 0.3 is 0 Å². The van der Waals surface area contributed by atoms with E-state index in [0.29, 0.717) is 11.8 Å². The first kappa shape index (κ1) is 7.50. The second-order valence-corrected chi connectivity index (χ2v) is 4.06. The smallest absolute Gasteiger partial charge is 0.156 e. The van der Waals surface area contributed by atoms with E-state index in [9.17, 15) is 0 Å². The number of nitrogens with zero attached hydrogens (tertiary/aromatic N) is 2. The van der Waals surface area contributed by atoms with Crippen molar-refractivity contribution in [2.75, 3.05) is 13.1 Å². The highest BCUT2D eigenvalue weighted by Crippen LogP contribution is 2.34. The molecule has 0 unspecified atom stereocenters. The van der Waals surface area contributed by atoms with Crippen molar-refractivity contribution < 1.29 is 0 Å². The van der Waals surface area contributed by atoms with E-state index >= 15 is 0 Å². The highest BCUT2D eigenvalue weighted by Gasteiger charge is 2.27. The van der Waals surface area contributed by atoms with Gasteiger partial charge in [0.15, 0.2) is 5.82 Å². The van der Waals surface area contributed by atoms with Gasteiger partial charge in [-0.25, -0.2) is 4.98 Å². The van der Waals surface area contributed by atoms with Gasteiger partial charge in [-0.1, -0.05) is 6.42 Å². The molecule has 1 aliphatic carbocycles. The van der Waals surface area contributed by atoms with E-state index in [1.807, 2.05) is 0 Å². The Balaban J connectivity index is 1.76. The molecule has 0 amide bonds. The second kappa shape index (κ2) is 2.80. The van der Waals surface area contributed by atoms with Crippen LogP contribution in [0.2, 0.25) is 0 Å². The molecule has 0 atom stereocenters. The summed E-state index contributed by atoms with van der Waals surface area (Å²) >= 11 is 0. The van der Waals surface area contributed by atoms with E-state index in [1.165, 1.54) is 19.3 Å². The molecule has 1 aliphatic heterocycles. The van der Waals surface area contributed by atoms with Crippen molar-refractivity contribution in [2.45, 2.75) is 31.1 Å². The molecule has 0 spiro atoms. The van der Waals surface area contributed by atoms with E-state index in [1.54, 1.807) is 0 Å². The van der Waals surface area contributed by atoms with E-state index in [2.05, 4.69) is 20.5 Å². The van der Waals surface area contributed by atoms with Gasteiger partial charge in [0.05, 0.1) is 0 Å². The first-order valence-corrected chi connectivity index (χ1v) is 5.06. The van der Waals surface area contributed by atoms with Crippen molar-refractivity contribution in [1.82, 2.24) is 20.5 Å². The van der Waals surface area contributed by atoms with Gasteiger partial charge in [-0.05, 0) is 12.8 Å². The number of hydrogen-bond donors (Lipinski definition) is 2. The van der Waals surface area contributed by atoms with E-state index in [4.69, 9.17) is 0 Å². The molecule has 70 valence electrons. The fourth-order valence-electron chi connectivity index (χ4n) is 1.81. The Hall–Kier alpha value is -0.900. The predicted molar refractivity (Wildman–Crippen MR) is 48.6 cm³/mol. The minimum atomic E-state index is 0.560. The fraction of sp³-hybridized carbons (Fsp3) is 0.778. The molecule has 2 aliphatic rings. The molecule has 13 heavy (non-hydrogen) atoms. The first-order chi connectivity index (χ1) is 6.43. The van der Waals surface area contributed by atoms with Crippen molar-refractivity contribution in [3.63, 3.8) is 0 Å². The second-order valence-electron chi connectivity index (χ2n) is 4.06. The average molecular weight is 178 g/mol. The van der Waals surface area contributed by atoms with Crippen LogP contribution >= 0.6 is 0 Å². The van der Waals surface area contributed by atoms with Crippen LogP contribution in [0, 0.1) is 0 Å². The van der Waals surface area contributed by atoms with Crippen molar-refractivity contribution in [2.24, 2.45) is 0 Å². The lowest BCUT2D eigenvalue weighted by Crippen LogP contribution is -2.40. The molecule has 0 aromatic carbocycles. The van der Waals surface area contributed by atoms with Gasteiger partial charge in [0.25, 0.3) is 0 Å². The molecular formula is C9H14N4. The quantitative estimate of drug-likeness (QED) is 0.703. The zero-order valence-corrected chi connectivity index (χ0v) is 7.58. The third kappa shape index (κ3) is 1.16. The van der Waals surface area contributed by atoms with Gasteiger partial charge in [-0.3, -0.25) is 5.10 Å². The molecule has 2 N–H and O–H groups in total. The molecule has 2 heterocycles. The van der Waals surface area contributed by atoms with Crippen LogP contribution in [-0.4, -0.2) is 28.3 Å². The number of nitrogens with one attached hydrogen (secondary N) is 2. The Bertz CT molecular complexity index is 270. The van der Waals surface area contributed by atoms with Crippen LogP contribution in [0.5, 0.6) is 0 Å². The molecule has 4 heteroatoms. The zero-order chi connectivity index (χ0) is 8.67. The topological polar surface area (TPSA) is 53.6 Å². The molecule has 1 aromatic heterocycles. The third-order valence-corrected chi connectivity index (χ3v) is 3.16. The van der Waals surface area contributed by atoms with Gasteiger partial charge in [0.2, 0.25) is 0 Å². The molecule has 0 bridgehead atoms. The first-order valence-electron chi connectivity index (χ1n) is 5.06. The lowest BCUT2D eigenvalue weighted by Gasteiger charge is -2.24. The third-order valence-electron chi connectivity index (χ3n) is 3.16. The maximum absolute atomic E-state index is 4.55. The predicted octanol–water partition coefficient (Wildman–Crippen LogP) is 0.759. The number of rotatable bonds is 2. The number of aromatic nitrogens is 3. The van der Waals surface area contributed by atoms with Gasteiger partial charge in [0.1, 0.15) is 5.82 Å². The summed E-state index contributed by atoms with van der Waals surface area (Å²) in [5.41, 5.74) is 0. The summed E-state index contributed by atoms with van der Waals surface area (Å²) in [5, 5.41) is 10.6. The number of aromatic amines is 1. The van der Waals surface area contributed by atoms with Crippen molar-refractivity contribution in [1.29, 1.82) is 0 Å². The molecular weight excluding hydrogens is 164 g/mol. The van der Waals surface area contributed by atoms with E-state index in [0.717, 1.165) is 24.7 Å². The molecule has 1 saturated heterocycles. The molecule has 1 saturated carbocycles. The molecule has 0 radical (unpaired) electrons. The summed E-state index contributed by atoms with van der Waals surface area (Å²) in [4.78, 5) is 4.55. The summed E-state index contributed by atoms with van der Waals surface area (Å²) < 4.78 is 0. The maximum atomic E-state index is 4.55. The minimum Gasteiger partial charge on any atom is -0.315 e. The summed E-state index contributed by atoms with van der Waals surface area (Å²) in [6.07, 6.45) is 3.93. The SMILES string of the molecule is C1CC(c2nc(C3CNC3)n[nH]2)C1. The number of hydrogen-bond acceptors (Lipinski definition) is 3. The van der Waals surface area contributed by atoms with Crippen LogP contribution in [0.4, 0.5) is 0 Å². The monoisotopic (exact) mass is 178 g/mol. The summed E-state index contributed by atoms with van der Waals surface area (Å²) in [6, 6.07) is 0. The van der Waals surface area contributed by atoms with Crippen molar-refractivity contribution >= 4 is 0 Å². The zero-order valence-electron chi connectivity index (χ0n) is 7.58. The minimum absolute atomic E-state index is 0.560. The van der Waals surface area contributed by atoms with Crippen LogP contribution in [-0.2, 0) is 0 Å². The van der Waals surface area contributed by atoms with Crippen LogP contribution in [0.15, 0.2) is 0 Å². The van der Waals surface area contributed by atoms with Crippen LogP contribution in [0.25, 0.3) is 0 Å². The fourth-order valence-corrected chi connectivity index (χ4v) is 1.81. The highest BCUT2D eigenvalue weighted by molar-refractivity contribution is 5.07. The summed E-state index contributed by atoms with van der Waals surface area (Å²) in [7, 11) is 0. The molecule has 1 aromatic rings. The normalized spacial score (nSPS) is 24.0. The Morgan fingerprint density at radius 3 is 2.54 bits per heavy atom. The Morgan fingerprint density at radius 1 is 1.15 bits per heavy atom. The van der Waals surface area contributed by atoms with Crippen LogP contribution in [0.3, 0.4) is 0 Å². The summed E-state index contributed by atoms with van der Waals surface area (Å²) in [6.45, 7) is 2.09. The van der Waals surface area contributed by atoms with Crippen molar-refractivity contribution in [3.8, 4) is 0 Å². The van der Waals surface area contributed by atoms with E-state index < -0.39 is 0 Å². The van der Waals surface area contributed by atoms with Crippen LogP contribution < -0.4 is 5.32 Å². The van der Waals surface area contributed by atoms with E-state index in [-0.39, 0.29) is 0 Å². The summed E-state index contributed by atoms with van der Waals surface area (Å²) in [5.74, 6) is 3.37. The largest absolute Gasteiger partial charge is 0.315 e. The Kier molecular flexibility index (Phi) is 1.62. The Labute approximate surface area is 77.1 Å². The highest BCUT2D eigenvalue weighted by atomic mass is 15.2. The average Bonchev–Trinajstić information content (AvgIpc) is 2.29. The maximum Gasteiger partial charge on any atom is 0.156 e.